The van der Waals surface area contributed by atoms with Crippen molar-refractivity contribution < 1.29 is 4.79 Å². The number of amides is 1. The number of para-hydroxylation sites is 1. The maximum Gasteiger partial charge on any atom is 0.257 e. The molecule has 0 aliphatic heterocycles. The van der Waals surface area contributed by atoms with Gasteiger partial charge < -0.3 is 10.3 Å². The molecule has 3 heterocycles. The topological polar surface area (TPSA) is 92.7 Å². The SMILES string of the molecule is O=C(Nc1ccnn1Cc1ccccn1)c1cc(=O)[nH]c2ccccc12. The molecule has 0 aliphatic rings. The van der Waals surface area contributed by atoms with Crippen molar-refractivity contribution in [3.05, 3.63) is 88.6 Å². The van der Waals surface area contributed by atoms with Crippen molar-refractivity contribution in [1.29, 1.82) is 0 Å². The summed E-state index contributed by atoms with van der Waals surface area (Å²) in [5.41, 5.74) is 1.44. The van der Waals surface area contributed by atoms with Crippen LogP contribution in [0.15, 0.2) is 71.8 Å². The highest BCUT2D eigenvalue weighted by Gasteiger charge is 2.14. The molecule has 3 aromatic heterocycles. The number of hydrogen-bond donors (Lipinski definition) is 2. The van der Waals surface area contributed by atoms with Crippen LogP contribution in [-0.4, -0.2) is 25.7 Å². The van der Waals surface area contributed by atoms with Crippen LogP contribution in [0.3, 0.4) is 0 Å². The number of carbonyl (C=O) groups is 1. The second kappa shape index (κ2) is 6.64. The largest absolute Gasteiger partial charge is 0.322 e. The summed E-state index contributed by atoms with van der Waals surface area (Å²) in [5.74, 6) is 0.167. The summed E-state index contributed by atoms with van der Waals surface area (Å²) in [5, 5.41) is 7.74. The quantitative estimate of drug-likeness (QED) is 0.594. The molecular formula is C19H15N5O2. The van der Waals surface area contributed by atoms with Crippen LogP contribution in [0.25, 0.3) is 10.9 Å². The second-order valence-electron chi connectivity index (χ2n) is 5.74. The predicted octanol–water partition coefficient (Wildman–Crippen LogP) is 2.42. The summed E-state index contributed by atoms with van der Waals surface area (Å²) < 4.78 is 1.65. The summed E-state index contributed by atoms with van der Waals surface area (Å²) >= 11 is 0. The van der Waals surface area contributed by atoms with E-state index in [2.05, 4.69) is 20.4 Å². The number of nitrogens with one attached hydrogen (secondary N) is 2. The standard InChI is InChI=1S/C19H15N5O2/c25-18-11-15(14-6-1-2-7-16(14)22-18)19(26)23-17-8-10-21-24(17)12-13-5-3-4-9-20-13/h1-11H,12H2,(H,22,25)(H,23,26). The number of pyridine rings is 2. The highest BCUT2D eigenvalue weighted by molar-refractivity contribution is 6.11. The van der Waals surface area contributed by atoms with Crippen molar-refractivity contribution in [2.45, 2.75) is 6.54 Å². The van der Waals surface area contributed by atoms with E-state index in [4.69, 9.17) is 0 Å². The molecule has 4 rings (SSSR count). The molecule has 26 heavy (non-hydrogen) atoms. The number of benzene rings is 1. The van der Waals surface area contributed by atoms with Gasteiger partial charge in [-0.2, -0.15) is 5.10 Å². The molecule has 0 spiro atoms. The first-order valence-electron chi connectivity index (χ1n) is 8.06. The lowest BCUT2D eigenvalue weighted by atomic mass is 10.1. The third-order valence-corrected chi connectivity index (χ3v) is 3.99. The Morgan fingerprint density at radius 1 is 1.08 bits per heavy atom. The van der Waals surface area contributed by atoms with E-state index in [1.54, 1.807) is 35.3 Å². The van der Waals surface area contributed by atoms with Crippen molar-refractivity contribution in [3.63, 3.8) is 0 Å². The molecule has 4 aromatic rings. The smallest absolute Gasteiger partial charge is 0.257 e. The minimum atomic E-state index is -0.366. The lowest BCUT2D eigenvalue weighted by Crippen LogP contribution is -2.19. The maximum atomic E-state index is 12.8. The molecule has 0 fully saturated rings. The number of fused-ring (bicyclic) bond motifs is 1. The molecule has 0 aliphatic carbocycles. The van der Waals surface area contributed by atoms with Gasteiger partial charge in [0.05, 0.1) is 24.0 Å². The van der Waals surface area contributed by atoms with E-state index in [0.29, 0.717) is 28.8 Å². The summed E-state index contributed by atoms with van der Waals surface area (Å²) in [7, 11) is 0. The Labute approximate surface area is 148 Å². The van der Waals surface area contributed by atoms with Crippen molar-refractivity contribution >= 4 is 22.6 Å². The lowest BCUT2D eigenvalue weighted by molar-refractivity contribution is 0.102. The number of aromatic nitrogens is 4. The summed E-state index contributed by atoms with van der Waals surface area (Å²) in [6.45, 7) is 0.430. The highest BCUT2D eigenvalue weighted by Crippen LogP contribution is 2.17. The highest BCUT2D eigenvalue weighted by atomic mass is 16.2. The number of carbonyl (C=O) groups excluding carboxylic acids is 1. The molecule has 2 N–H and O–H groups in total. The van der Waals surface area contributed by atoms with Crippen LogP contribution >= 0.6 is 0 Å². The summed E-state index contributed by atoms with van der Waals surface area (Å²) in [6.07, 6.45) is 3.31. The van der Waals surface area contributed by atoms with E-state index in [1.165, 1.54) is 6.07 Å². The number of H-pyrrole nitrogens is 1. The number of nitrogens with zero attached hydrogens (tertiary/aromatic N) is 3. The zero-order chi connectivity index (χ0) is 17.9. The van der Waals surface area contributed by atoms with Gasteiger partial charge >= 0.3 is 0 Å². The van der Waals surface area contributed by atoms with Crippen molar-refractivity contribution in [1.82, 2.24) is 19.7 Å². The molecule has 0 saturated heterocycles. The summed E-state index contributed by atoms with van der Waals surface area (Å²) in [6, 6.07) is 15.8. The summed E-state index contributed by atoms with van der Waals surface area (Å²) in [4.78, 5) is 31.6. The Kier molecular flexibility index (Phi) is 4.03. The molecule has 1 aromatic carbocycles. The van der Waals surface area contributed by atoms with Gasteiger partial charge in [0.2, 0.25) is 5.56 Å². The lowest BCUT2D eigenvalue weighted by Gasteiger charge is -2.10. The van der Waals surface area contributed by atoms with Gasteiger partial charge in [0, 0.05) is 29.2 Å². The van der Waals surface area contributed by atoms with Crippen LogP contribution in [0.2, 0.25) is 0 Å². The second-order valence-corrected chi connectivity index (χ2v) is 5.74. The number of hydrogen-bond acceptors (Lipinski definition) is 4. The van der Waals surface area contributed by atoms with Crippen LogP contribution in [0.5, 0.6) is 0 Å². The Morgan fingerprint density at radius 2 is 1.92 bits per heavy atom. The number of aromatic amines is 1. The third kappa shape index (κ3) is 3.10. The van der Waals surface area contributed by atoms with Crippen LogP contribution in [0.4, 0.5) is 5.82 Å². The fourth-order valence-electron chi connectivity index (χ4n) is 2.79. The van der Waals surface area contributed by atoms with E-state index in [9.17, 15) is 9.59 Å². The third-order valence-electron chi connectivity index (χ3n) is 3.99. The van der Waals surface area contributed by atoms with E-state index in [0.717, 1.165) is 5.69 Å². The number of rotatable bonds is 4. The van der Waals surface area contributed by atoms with Gasteiger partial charge in [0.1, 0.15) is 5.82 Å². The van der Waals surface area contributed by atoms with Gasteiger partial charge in [-0.05, 0) is 18.2 Å². The first-order chi connectivity index (χ1) is 12.7. The van der Waals surface area contributed by atoms with E-state index < -0.39 is 0 Å². The molecule has 1 amide bonds. The number of anilines is 1. The molecule has 0 bridgehead atoms. The van der Waals surface area contributed by atoms with Crippen LogP contribution < -0.4 is 10.9 Å². The molecule has 7 heteroatoms. The van der Waals surface area contributed by atoms with Gasteiger partial charge in [0.25, 0.3) is 5.91 Å². The molecule has 0 saturated carbocycles. The average Bonchev–Trinajstić information content (AvgIpc) is 3.08. The van der Waals surface area contributed by atoms with Crippen LogP contribution in [-0.2, 0) is 6.54 Å². The zero-order valence-corrected chi connectivity index (χ0v) is 13.7. The van der Waals surface area contributed by atoms with E-state index in [-0.39, 0.29) is 11.5 Å². The monoisotopic (exact) mass is 345 g/mol. The maximum absolute atomic E-state index is 12.8. The van der Waals surface area contributed by atoms with E-state index in [1.807, 2.05) is 30.3 Å². The molecule has 0 radical (unpaired) electrons. The Hall–Kier alpha value is -3.74. The zero-order valence-electron chi connectivity index (χ0n) is 13.7. The molecular weight excluding hydrogens is 330 g/mol. The van der Waals surface area contributed by atoms with Crippen molar-refractivity contribution in [2.24, 2.45) is 0 Å². The molecule has 0 atom stereocenters. The minimum Gasteiger partial charge on any atom is -0.322 e. The first kappa shape index (κ1) is 15.8. The van der Waals surface area contributed by atoms with Gasteiger partial charge in [-0.15, -0.1) is 0 Å². The van der Waals surface area contributed by atoms with Crippen LogP contribution in [0.1, 0.15) is 16.1 Å². The van der Waals surface area contributed by atoms with Gasteiger partial charge in [-0.1, -0.05) is 24.3 Å². The molecule has 128 valence electrons. The molecule has 7 nitrogen and oxygen atoms in total. The minimum absolute atomic E-state index is 0.315. The predicted molar refractivity (Wildman–Crippen MR) is 98.1 cm³/mol. The Bertz CT molecular complexity index is 1130. The first-order valence-corrected chi connectivity index (χ1v) is 8.06. The van der Waals surface area contributed by atoms with Gasteiger partial charge in [-0.3, -0.25) is 14.6 Å². The Morgan fingerprint density at radius 3 is 2.77 bits per heavy atom. The fraction of sp³-hybridized carbons (Fsp3) is 0.0526. The van der Waals surface area contributed by atoms with Gasteiger partial charge in [0.15, 0.2) is 0 Å². The Balaban J connectivity index is 1.64. The van der Waals surface area contributed by atoms with Crippen molar-refractivity contribution in [2.75, 3.05) is 5.32 Å². The van der Waals surface area contributed by atoms with Crippen molar-refractivity contribution in [3.8, 4) is 0 Å². The van der Waals surface area contributed by atoms with Gasteiger partial charge in [-0.25, -0.2) is 4.68 Å². The fourth-order valence-corrected chi connectivity index (χ4v) is 2.79. The molecule has 0 unspecified atom stereocenters. The normalized spacial score (nSPS) is 10.8. The van der Waals surface area contributed by atoms with Crippen LogP contribution in [0, 0.1) is 0 Å². The average molecular weight is 345 g/mol. The van der Waals surface area contributed by atoms with E-state index >= 15 is 0 Å².